The average Bonchev–Trinajstić information content (AvgIpc) is 2.89. The maximum atomic E-state index is 11.9. The number of nitrogens with zero attached hydrogens (tertiary/aromatic N) is 2. The SMILES string of the molecule is COc1nc2c3c([nH]c2c(Cl)c1Cl)C(C)(C)CN(C(=O)CO)C3. The lowest BCUT2D eigenvalue weighted by atomic mass is 9.83. The van der Waals surface area contributed by atoms with Crippen LogP contribution in [0.4, 0.5) is 0 Å². The largest absolute Gasteiger partial charge is 0.480 e. The summed E-state index contributed by atoms with van der Waals surface area (Å²) in [5.41, 5.74) is 2.77. The van der Waals surface area contributed by atoms with Gasteiger partial charge in [-0.2, -0.15) is 0 Å². The molecule has 0 radical (unpaired) electrons. The first kappa shape index (κ1) is 16.4. The Labute approximate surface area is 143 Å². The van der Waals surface area contributed by atoms with Crippen molar-refractivity contribution in [3.63, 3.8) is 0 Å². The zero-order valence-corrected chi connectivity index (χ0v) is 14.5. The molecule has 1 amide bonds. The molecule has 0 saturated heterocycles. The Morgan fingerprint density at radius 1 is 1.43 bits per heavy atom. The van der Waals surface area contributed by atoms with E-state index >= 15 is 0 Å². The zero-order chi connectivity index (χ0) is 16.9. The van der Waals surface area contributed by atoms with E-state index in [0.717, 1.165) is 11.3 Å². The van der Waals surface area contributed by atoms with Gasteiger partial charge in [-0.25, -0.2) is 4.98 Å². The number of hydrogen-bond donors (Lipinski definition) is 2. The van der Waals surface area contributed by atoms with Gasteiger partial charge in [-0.15, -0.1) is 0 Å². The highest BCUT2D eigenvalue weighted by Gasteiger charge is 2.37. The van der Waals surface area contributed by atoms with Crippen molar-refractivity contribution in [3.8, 4) is 5.88 Å². The Morgan fingerprint density at radius 3 is 2.74 bits per heavy atom. The van der Waals surface area contributed by atoms with Gasteiger partial charge >= 0.3 is 0 Å². The normalized spacial score (nSPS) is 16.5. The summed E-state index contributed by atoms with van der Waals surface area (Å²) >= 11 is 12.5. The third kappa shape index (κ3) is 2.45. The molecule has 0 saturated carbocycles. The first-order valence-electron chi connectivity index (χ1n) is 7.12. The van der Waals surface area contributed by atoms with Gasteiger partial charge in [0.25, 0.3) is 0 Å². The molecule has 0 aliphatic carbocycles. The number of hydrogen-bond acceptors (Lipinski definition) is 4. The Bertz CT molecular complexity index is 801. The van der Waals surface area contributed by atoms with E-state index in [1.807, 2.05) is 13.8 Å². The van der Waals surface area contributed by atoms with Crippen LogP contribution in [0, 0.1) is 0 Å². The molecule has 124 valence electrons. The van der Waals surface area contributed by atoms with Gasteiger partial charge in [-0.05, 0) is 0 Å². The number of fused-ring (bicyclic) bond motifs is 3. The second kappa shape index (κ2) is 5.54. The molecule has 0 fully saturated rings. The molecule has 23 heavy (non-hydrogen) atoms. The van der Waals surface area contributed by atoms with Crippen LogP contribution in [0.2, 0.25) is 10.0 Å². The van der Waals surface area contributed by atoms with Crippen LogP contribution < -0.4 is 4.74 Å². The molecule has 0 atom stereocenters. The fraction of sp³-hybridized carbons (Fsp3) is 0.467. The van der Waals surface area contributed by atoms with Crippen molar-refractivity contribution in [1.29, 1.82) is 0 Å². The second-order valence-corrected chi connectivity index (χ2v) is 7.00. The van der Waals surface area contributed by atoms with E-state index in [-0.39, 0.29) is 22.2 Å². The molecule has 3 heterocycles. The summed E-state index contributed by atoms with van der Waals surface area (Å²) in [6, 6.07) is 0. The number of pyridine rings is 1. The number of rotatable bonds is 2. The maximum absolute atomic E-state index is 11.9. The van der Waals surface area contributed by atoms with Gasteiger partial charge in [0.05, 0.1) is 23.2 Å². The van der Waals surface area contributed by atoms with E-state index in [1.165, 1.54) is 7.11 Å². The van der Waals surface area contributed by atoms with Crippen LogP contribution >= 0.6 is 23.2 Å². The smallest absolute Gasteiger partial charge is 0.248 e. The summed E-state index contributed by atoms with van der Waals surface area (Å²) < 4.78 is 5.18. The van der Waals surface area contributed by atoms with Crippen LogP contribution in [-0.4, -0.2) is 46.1 Å². The minimum atomic E-state index is -0.517. The van der Waals surface area contributed by atoms with E-state index in [1.54, 1.807) is 4.90 Å². The summed E-state index contributed by atoms with van der Waals surface area (Å²) in [7, 11) is 1.47. The summed E-state index contributed by atoms with van der Waals surface area (Å²) in [4.78, 5) is 21.3. The van der Waals surface area contributed by atoms with Gasteiger partial charge in [0, 0.05) is 29.8 Å². The number of carbonyl (C=O) groups is 1. The van der Waals surface area contributed by atoms with E-state index in [0.29, 0.717) is 29.1 Å². The maximum Gasteiger partial charge on any atom is 0.248 e. The first-order chi connectivity index (χ1) is 10.8. The highest BCUT2D eigenvalue weighted by molar-refractivity contribution is 6.45. The number of aromatic nitrogens is 2. The fourth-order valence-electron chi connectivity index (χ4n) is 3.11. The molecule has 1 aliphatic rings. The Balaban J connectivity index is 2.26. The molecule has 3 rings (SSSR count). The number of amides is 1. The molecule has 2 N–H and O–H groups in total. The molecule has 0 bridgehead atoms. The number of ether oxygens (including phenoxy) is 1. The zero-order valence-electron chi connectivity index (χ0n) is 13.0. The van der Waals surface area contributed by atoms with Crippen LogP contribution in [0.25, 0.3) is 11.0 Å². The number of aliphatic hydroxyl groups is 1. The molecule has 0 spiro atoms. The van der Waals surface area contributed by atoms with Gasteiger partial charge < -0.3 is 19.7 Å². The quantitative estimate of drug-likeness (QED) is 0.865. The number of methoxy groups -OCH3 is 1. The Morgan fingerprint density at radius 2 is 2.13 bits per heavy atom. The van der Waals surface area contributed by atoms with Crippen molar-refractivity contribution in [2.24, 2.45) is 0 Å². The van der Waals surface area contributed by atoms with Crippen molar-refractivity contribution in [2.45, 2.75) is 25.8 Å². The fourth-order valence-corrected chi connectivity index (χ4v) is 3.54. The second-order valence-electron chi connectivity index (χ2n) is 6.24. The molecule has 2 aromatic heterocycles. The van der Waals surface area contributed by atoms with Gasteiger partial charge in [-0.3, -0.25) is 4.79 Å². The van der Waals surface area contributed by atoms with Crippen LogP contribution in [-0.2, 0) is 16.8 Å². The first-order valence-corrected chi connectivity index (χ1v) is 7.88. The Hall–Kier alpha value is -1.50. The number of aromatic amines is 1. The minimum absolute atomic E-state index is 0.245. The summed E-state index contributed by atoms with van der Waals surface area (Å²) in [5, 5.41) is 9.76. The average molecular weight is 358 g/mol. The topological polar surface area (TPSA) is 78.5 Å². The molecular formula is C15H17Cl2N3O3. The third-order valence-corrected chi connectivity index (χ3v) is 5.01. The van der Waals surface area contributed by atoms with Crippen LogP contribution in [0.3, 0.4) is 0 Å². The van der Waals surface area contributed by atoms with Gasteiger partial charge in [0.15, 0.2) is 0 Å². The summed E-state index contributed by atoms with van der Waals surface area (Å²) in [6.07, 6.45) is 0. The predicted molar refractivity (Wildman–Crippen MR) is 88.2 cm³/mol. The summed E-state index contributed by atoms with van der Waals surface area (Å²) in [6.45, 7) is 4.37. The highest BCUT2D eigenvalue weighted by atomic mass is 35.5. The van der Waals surface area contributed by atoms with Crippen LogP contribution in [0.15, 0.2) is 0 Å². The van der Waals surface area contributed by atoms with Crippen molar-refractivity contribution < 1.29 is 14.6 Å². The summed E-state index contributed by atoms with van der Waals surface area (Å²) in [5.74, 6) is -0.0699. The number of carbonyl (C=O) groups excluding carboxylic acids is 1. The molecule has 6 nitrogen and oxygen atoms in total. The number of H-pyrrole nitrogens is 1. The number of halogens is 2. The van der Waals surface area contributed by atoms with Gasteiger partial charge in [-0.1, -0.05) is 37.0 Å². The molecular weight excluding hydrogens is 341 g/mol. The van der Waals surface area contributed by atoms with E-state index < -0.39 is 6.61 Å². The highest BCUT2D eigenvalue weighted by Crippen LogP contribution is 2.42. The van der Waals surface area contributed by atoms with Crippen LogP contribution in [0.1, 0.15) is 25.1 Å². The molecule has 0 unspecified atom stereocenters. The monoisotopic (exact) mass is 357 g/mol. The predicted octanol–water partition coefficient (Wildman–Crippen LogP) is 2.49. The van der Waals surface area contributed by atoms with E-state index in [2.05, 4.69) is 9.97 Å². The number of aliphatic hydroxyl groups excluding tert-OH is 1. The third-order valence-electron chi connectivity index (χ3n) is 4.18. The van der Waals surface area contributed by atoms with Crippen molar-refractivity contribution in [2.75, 3.05) is 20.3 Å². The van der Waals surface area contributed by atoms with Crippen molar-refractivity contribution >= 4 is 40.1 Å². The standard InChI is InChI=1S/C15H17Cl2N3O3/c1-15(2)6-20(8(22)5-21)4-7-11-12(18-13(7)15)9(16)10(17)14(19-11)23-3/h18,21H,4-6H2,1-3H3. The lowest BCUT2D eigenvalue weighted by Gasteiger charge is -2.37. The molecule has 2 aromatic rings. The molecule has 1 aliphatic heterocycles. The molecule has 0 aromatic carbocycles. The van der Waals surface area contributed by atoms with Crippen molar-refractivity contribution in [3.05, 3.63) is 21.3 Å². The lowest BCUT2D eigenvalue weighted by molar-refractivity contribution is -0.136. The Kier molecular flexibility index (Phi) is 3.94. The van der Waals surface area contributed by atoms with E-state index in [4.69, 9.17) is 33.0 Å². The molecule has 8 heteroatoms. The van der Waals surface area contributed by atoms with E-state index in [9.17, 15) is 4.79 Å². The van der Waals surface area contributed by atoms with Crippen molar-refractivity contribution in [1.82, 2.24) is 14.9 Å². The van der Waals surface area contributed by atoms with Gasteiger partial charge in [0.1, 0.15) is 11.6 Å². The van der Waals surface area contributed by atoms with Crippen LogP contribution in [0.5, 0.6) is 5.88 Å². The minimum Gasteiger partial charge on any atom is -0.480 e. The van der Waals surface area contributed by atoms with Gasteiger partial charge in [0.2, 0.25) is 11.8 Å². The number of nitrogens with one attached hydrogen (secondary N) is 1. The lowest BCUT2D eigenvalue weighted by Crippen LogP contribution is -2.46.